The lowest BCUT2D eigenvalue weighted by molar-refractivity contribution is 0.0985. The number of allylic oxidation sites excluding steroid dienone is 1. The van der Waals surface area contributed by atoms with Crippen LogP contribution in [0.2, 0.25) is 0 Å². The molecule has 3 aromatic heterocycles. The molecule has 8 nitrogen and oxygen atoms in total. The summed E-state index contributed by atoms with van der Waals surface area (Å²) in [5.41, 5.74) is 4.87. The van der Waals surface area contributed by atoms with Crippen molar-refractivity contribution in [2.75, 3.05) is 31.2 Å². The standard InChI is InChI=1S/C19H21N7O/c1-13-12-27-8-7-25(13)18-9-17(16-4-6-21-24(16)2)26-19(23-18)15(11-22-26)14-3-5-20-10-14/h3-4,6,9-11,13H,5,7-8,12H2,1-2H3/t13-/m1/s1. The van der Waals surface area contributed by atoms with E-state index in [0.29, 0.717) is 19.8 Å². The molecule has 138 valence electrons. The van der Waals surface area contributed by atoms with Crippen molar-refractivity contribution in [1.29, 1.82) is 0 Å². The fraction of sp³-hybridized carbons (Fsp3) is 0.368. The Bertz CT molecular complexity index is 1060. The Morgan fingerprint density at radius 2 is 2.15 bits per heavy atom. The van der Waals surface area contributed by atoms with Gasteiger partial charge in [-0.05, 0) is 13.0 Å². The molecule has 0 spiro atoms. The zero-order valence-corrected chi connectivity index (χ0v) is 15.4. The summed E-state index contributed by atoms with van der Waals surface area (Å²) in [6.45, 7) is 5.11. The normalized spacial score (nSPS) is 19.9. The zero-order valence-electron chi connectivity index (χ0n) is 15.4. The molecule has 0 aliphatic carbocycles. The molecule has 5 heterocycles. The molecule has 5 rings (SSSR count). The quantitative estimate of drug-likeness (QED) is 0.710. The van der Waals surface area contributed by atoms with Crippen molar-refractivity contribution in [3.05, 3.63) is 36.2 Å². The van der Waals surface area contributed by atoms with Gasteiger partial charge in [-0.15, -0.1) is 0 Å². The second-order valence-corrected chi connectivity index (χ2v) is 6.90. The van der Waals surface area contributed by atoms with E-state index in [-0.39, 0.29) is 6.04 Å². The minimum atomic E-state index is 0.270. The SMILES string of the molecule is C[C@@H]1COCCN1c1cc(-c2ccnn2C)n2ncc(C3=CCN=C3)c2n1. The van der Waals surface area contributed by atoms with Crippen molar-refractivity contribution in [3.63, 3.8) is 0 Å². The monoisotopic (exact) mass is 363 g/mol. The Hall–Kier alpha value is -3.00. The highest BCUT2D eigenvalue weighted by molar-refractivity contribution is 6.13. The van der Waals surface area contributed by atoms with Gasteiger partial charge in [0.05, 0.1) is 43.4 Å². The highest BCUT2D eigenvalue weighted by atomic mass is 16.5. The van der Waals surface area contributed by atoms with Crippen LogP contribution in [0.4, 0.5) is 5.82 Å². The van der Waals surface area contributed by atoms with Crippen LogP contribution in [0.25, 0.3) is 22.6 Å². The third-order valence-electron chi connectivity index (χ3n) is 5.16. The summed E-state index contributed by atoms with van der Waals surface area (Å²) in [5.74, 6) is 0.937. The molecule has 0 bridgehead atoms. The summed E-state index contributed by atoms with van der Waals surface area (Å²) < 4.78 is 9.36. The van der Waals surface area contributed by atoms with Crippen LogP contribution in [-0.2, 0) is 11.8 Å². The van der Waals surface area contributed by atoms with Gasteiger partial charge in [0.15, 0.2) is 5.65 Å². The molecule has 0 radical (unpaired) electrons. The van der Waals surface area contributed by atoms with E-state index in [1.54, 1.807) is 6.20 Å². The van der Waals surface area contributed by atoms with Crippen molar-refractivity contribution in [2.24, 2.45) is 12.0 Å². The van der Waals surface area contributed by atoms with Crippen LogP contribution in [0.3, 0.4) is 0 Å². The molecular weight excluding hydrogens is 342 g/mol. The maximum absolute atomic E-state index is 5.60. The minimum absolute atomic E-state index is 0.270. The number of aromatic nitrogens is 5. The number of aliphatic imine (C=N–C) groups is 1. The Kier molecular flexibility index (Phi) is 3.78. The first kappa shape index (κ1) is 16.2. The largest absolute Gasteiger partial charge is 0.377 e. The molecular formula is C19H21N7O. The lowest BCUT2D eigenvalue weighted by atomic mass is 10.1. The molecule has 2 aliphatic rings. The lowest BCUT2D eigenvalue weighted by Crippen LogP contribution is -2.44. The fourth-order valence-electron chi connectivity index (χ4n) is 3.71. The van der Waals surface area contributed by atoms with Crippen molar-refractivity contribution in [1.82, 2.24) is 24.4 Å². The zero-order chi connectivity index (χ0) is 18.4. The van der Waals surface area contributed by atoms with Gasteiger partial charge in [0.25, 0.3) is 0 Å². The Labute approximate surface area is 156 Å². The second-order valence-electron chi connectivity index (χ2n) is 6.90. The first-order valence-electron chi connectivity index (χ1n) is 9.14. The highest BCUT2D eigenvalue weighted by Crippen LogP contribution is 2.29. The van der Waals surface area contributed by atoms with E-state index < -0.39 is 0 Å². The van der Waals surface area contributed by atoms with Crippen LogP contribution in [0, 0.1) is 0 Å². The van der Waals surface area contributed by atoms with Gasteiger partial charge in [-0.2, -0.15) is 10.2 Å². The van der Waals surface area contributed by atoms with Crippen LogP contribution < -0.4 is 4.90 Å². The van der Waals surface area contributed by atoms with Gasteiger partial charge in [-0.1, -0.05) is 6.08 Å². The molecule has 1 fully saturated rings. The Balaban J connectivity index is 1.74. The summed E-state index contributed by atoms with van der Waals surface area (Å²) in [4.78, 5) is 11.6. The van der Waals surface area contributed by atoms with Crippen molar-refractivity contribution >= 4 is 23.3 Å². The van der Waals surface area contributed by atoms with Gasteiger partial charge in [0, 0.05) is 43.2 Å². The molecule has 0 N–H and O–H groups in total. The van der Waals surface area contributed by atoms with Gasteiger partial charge in [-0.25, -0.2) is 9.50 Å². The number of rotatable bonds is 3. The van der Waals surface area contributed by atoms with Crippen LogP contribution >= 0.6 is 0 Å². The van der Waals surface area contributed by atoms with Crippen LogP contribution in [0.5, 0.6) is 0 Å². The number of nitrogens with zero attached hydrogens (tertiary/aromatic N) is 7. The second kappa shape index (κ2) is 6.31. The van der Waals surface area contributed by atoms with Gasteiger partial charge in [0.1, 0.15) is 5.82 Å². The number of morpholine rings is 1. The van der Waals surface area contributed by atoms with E-state index in [1.165, 1.54) is 0 Å². The predicted octanol–water partition coefficient (Wildman–Crippen LogP) is 1.82. The molecule has 0 unspecified atom stereocenters. The third-order valence-corrected chi connectivity index (χ3v) is 5.16. The number of hydrogen-bond acceptors (Lipinski definition) is 6. The number of fused-ring (bicyclic) bond motifs is 1. The third kappa shape index (κ3) is 2.64. The van der Waals surface area contributed by atoms with Crippen LogP contribution in [0.1, 0.15) is 12.5 Å². The van der Waals surface area contributed by atoms with Crippen molar-refractivity contribution in [2.45, 2.75) is 13.0 Å². The Morgan fingerprint density at radius 1 is 1.22 bits per heavy atom. The van der Waals surface area contributed by atoms with E-state index in [9.17, 15) is 0 Å². The topological polar surface area (TPSA) is 72.8 Å². The van der Waals surface area contributed by atoms with Gasteiger partial charge < -0.3 is 9.64 Å². The molecule has 1 atom stereocenters. The van der Waals surface area contributed by atoms with Crippen LogP contribution in [0.15, 0.2) is 35.6 Å². The fourth-order valence-corrected chi connectivity index (χ4v) is 3.71. The highest BCUT2D eigenvalue weighted by Gasteiger charge is 2.24. The Morgan fingerprint density at radius 3 is 2.89 bits per heavy atom. The van der Waals surface area contributed by atoms with Crippen LogP contribution in [-0.4, -0.2) is 62.9 Å². The van der Waals surface area contributed by atoms with E-state index >= 15 is 0 Å². The molecule has 0 saturated carbocycles. The molecule has 2 aliphatic heterocycles. The summed E-state index contributed by atoms with van der Waals surface area (Å²) in [6.07, 6.45) is 7.67. The molecule has 1 saturated heterocycles. The maximum atomic E-state index is 5.60. The molecule has 8 heteroatoms. The lowest BCUT2D eigenvalue weighted by Gasteiger charge is -2.34. The molecule has 0 amide bonds. The molecule has 27 heavy (non-hydrogen) atoms. The number of ether oxygens (including phenoxy) is 1. The number of hydrogen-bond donors (Lipinski definition) is 0. The molecule has 3 aromatic rings. The van der Waals surface area contributed by atoms with Crippen molar-refractivity contribution in [3.8, 4) is 11.4 Å². The smallest absolute Gasteiger partial charge is 0.165 e. The van der Waals surface area contributed by atoms with Gasteiger partial charge in [-0.3, -0.25) is 9.67 Å². The summed E-state index contributed by atoms with van der Waals surface area (Å²) in [5, 5.41) is 8.96. The summed E-state index contributed by atoms with van der Waals surface area (Å²) >= 11 is 0. The van der Waals surface area contributed by atoms with E-state index in [4.69, 9.17) is 9.72 Å². The summed E-state index contributed by atoms with van der Waals surface area (Å²) in [6, 6.07) is 4.37. The predicted molar refractivity (Wildman–Crippen MR) is 104 cm³/mol. The number of aryl methyl sites for hydroxylation is 1. The maximum Gasteiger partial charge on any atom is 0.165 e. The minimum Gasteiger partial charge on any atom is -0.377 e. The van der Waals surface area contributed by atoms with E-state index in [2.05, 4.69) is 39.2 Å². The van der Waals surface area contributed by atoms with Gasteiger partial charge >= 0.3 is 0 Å². The first-order valence-corrected chi connectivity index (χ1v) is 9.14. The van der Waals surface area contributed by atoms with Crippen molar-refractivity contribution < 1.29 is 4.74 Å². The van der Waals surface area contributed by atoms with E-state index in [1.807, 2.05) is 34.7 Å². The molecule has 0 aromatic carbocycles. The van der Waals surface area contributed by atoms with Gasteiger partial charge in [0.2, 0.25) is 0 Å². The first-order chi connectivity index (χ1) is 13.2. The van der Waals surface area contributed by atoms with E-state index in [0.717, 1.165) is 40.5 Å². The average Bonchev–Trinajstić information content (AvgIpc) is 3.41. The number of anilines is 1. The average molecular weight is 363 g/mol. The summed E-state index contributed by atoms with van der Waals surface area (Å²) in [7, 11) is 1.94.